The lowest BCUT2D eigenvalue weighted by molar-refractivity contribution is 0.278. The first-order chi connectivity index (χ1) is 5.95. The highest BCUT2D eigenvalue weighted by Crippen LogP contribution is 2.07. The van der Waals surface area contributed by atoms with Crippen molar-refractivity contribution in [3.63, 3.8) is 0 Å². The van der Waals surface area contributed by atoms with Crippen molar-refractivity contribution in [3.05, 3.63) is 35.7 Å². The molecule has 3 N–H and O–H groups in total. The zero-order valence-electron chi connectivity index (χ0n) is 6.28. The molecule has 0 fully saturated rings. The standard InChI is InChI=1S/C6H3F3.BH3O3/c7-4-2-1-3-5(8)6(4)9;2-1(3)4/h1-3H;2-4H. The fourth-order valence-electron chi connectivity index (χ4n) is 0.477. The van der Waals surface area contributed by atoms with Crippen molar-refractivity contribution in [1.82, 2.24) is 0 Å². The van der Waals surface area contributed by atoms with E-state index in [-0.39, 0.29) is 0 Å². The monoisotopic (exact) mass is 194 g/mol. The van der Waals surface area contributed by atoms with Crippen LogP contribution in [0.2, 0.25) is 0 Å². The van der Waals surface area contributed by atoms with Crippen molar-refractivity contribution >= 4 is 7.32 Å². The predicted octanol–water partition coefficient (Wildman–Crippen LogP) is 0.0521. The molecule has 0 atom stereocenters. The Balaban J connectivity index is 0.000000310. The normalized spacial score (nSPS) is 8.77. The van der Waals surface area contributed by atoms with Gasteiger partial charge >= 0.3 is 7.32 Å². The van der Waals surface area contributed by atoms with Crippen molar-refractivity contribution in [1.29, 1.82) is 0 Å². The fraction of sp³-hybridized carbons (Fsp3) is 0. The summed E-state index contributed by atoms with van der Waals surface area (Å²) in [6, 6.07) is 2.82. The van der Waals surface area contributed by atoms with Crippen LogP contribution in [0.3, 0.4) is 0 Å². The summed E-state index contributed by atoms with van der Waals surface area (Å²) in [5.41, 5.74) is 0. The molecule has 3 nitrogen and oxygen atoms in total. The maximum atomic E-state index is 12.0. The number of hydrogen-bond donors (Lipinski definition) is 3. The first kappa shape index (κ1) is 12.0. The third-order valence-corrected chi connectivity index (χ3v) is 0.904. The van der Waals surface area contributed by atoms with Gasteiger partial charge in [0.25, 0.3) is 0 Å². The van der Waals surface area contributed by atoms with Gasteiger partial charge in [-0.05, 0) is 12.1 Å². The highest BCUT2D eigenvalue weighted by atomic mass is 19.2. The summed E-state index contributed by atoms with van der Waals surface area (Å²) in [5.74, 6) is -3.73. The summed E-state index contributed by atoms with van der Waals surface area (Å²) in [5, 5.41) is 21.5. The molecule has 0 bridgehead atoms. The molecule has 1 aromatic carbocycles. The van der Waals surface area contributed by atoms with Gasteiger partial charge in [0.2, 0.25) is 0 Å². The van der Waals surface area contributed by atoms with Gasteiger partial charge in [-0.2, -0.15) is 0 Å². The van der Waals surface area contributed by atoms with Gasteiger partial charge in [0.15, 0.2) is 17.5 Å². The topological polar surface area (TPSA) is 60.7 Å². The van der Waals surface area contributed by atoms with Gasteiger partial charge in [0.05, 0.1) is 0 Å². The second-order valence-corrected chi connectivity index (χ2v) is 1.88. The summed E-state index contributed by atoms with van der Waals surface area (Å²) in [6.07, 6.45) is 0. The van der Waals surface area contributed by atoms with Crippen LogP contribution in [0.25, 0.3) is 0 Å². The minimum absolute atomic E-state index is 0.860. The van der Waals surface area contributed by atoms with E-state index in [1.54, 1.807) is 0 Å². The van der Waals surface area contributed by atoms with Gasteiger partial charge in [-0.3, -0.25) is 0 Å². The largest absolute Gasteiger partial charge is 0.631 e. The zero-order valence-corrected chi connectivity index (χ0v) is 6.28. The van der Waals surface area contributed by atoms with Gasteiger partial charge in [0.1, 0.15) is 0 Å². The molecule has 0 aromatic heterocycles. The molecule has 1 rings (SSSR count). The van der Waals surface area contributed by atoms with Crippen molar-refractivity contribution < 1.29 is 28.2 Å². The lowest BCUT2D eigenvalue weighted by Gasteiger charge is -1.90. The molecule has 0 aliphatic carbocycles. The van der Waals surface area contributed by atoms with E-state index in [4.69, 9.17) is 15.1 Å². The van der Waals surface area contributed by atoms with Crippen LogP contribution in [0.1, 0.15) is 0 Å². The third kappa shape index (κ3) is 5.23. The second kappa shape index (κ2) is 5.57. The first-order valence-corrected chi connectivity index (χ1v) is 3.09. The Kier molecular flexibility index (Phi) is 5.13. The quantitative estimate of drug-likeness (QED) is 0.404. The molecular weight excluding hydrogens is 188 g/mol. The number of hydrogen-bond acceptors (Lipinski definition) is 3. The van der Waals surface area contributed by atoms with Crippen LogP contribution in [0.5, 0.6) is 0 Å². The van der Waals surface area contributed by atoms with Crippen LogP contribution in [-0.2, 0) is 0 Å². The van der Waals surface area contributed by atoms with E-state index in [1.165, 1.54) is 0 Å². The molecule has 0 saturated carbocycles. The van der Waals surface area contributed by atoms with Crippen LogP contribution in [0.15, 0.2) is 18.2 Å². The Bertz CT molecular complexity index is 246. The van der Waals surface area contributed by atoms with Crippen molar-refractivity contribution in [2.75, 3.05) is 0 Å². The highest BCUT2D eigenvalue weighted by molar-refractivity contribution is 6.30. The minimum atomic E-state index is -2.17. The van der Waals surface area contributed by atoms with E-state index in [1.807, 2.05) is 0 Å². The molecule has 0 heterocycles. The van der Waals surface area contributed by atoms with Crippen molar-refractivity contribution in [2.24, 2.45) is 0 Å². The number of halogens is 3. The Morgan fingerprint density at radius 1 is 0.923 bits per heavy atom. The molecule has 0 saturated heterocycles. The zero-order chi connectivity index (χ0) is 10.4. The summed E-state index contributed by atoms with van der Waals surface area (Å²) in [4.78, 5) is 0. The highest BCUT2D eigenvalue weighted by Gasteiger charge is 2.04. The maximum Gasteiger partial charge on any atom is 0.631 e. The average molecular weight is 194 g/mol. The Morgan fingerprint density at radius 2 is 1.23 bits per heavy atom. The lowest BCUT2D eigenvalue weighted by atomic mass is 10.3. The third-order valence-electron chi connectivity index (χ3n) is 0.904. The fourth-order valence-corrected chi connectivity index (χ4v) is 0.477. The summed E-state index contributed by atoms with van der Waals surface area (Å²) in [7, 11) is -2.17. The first-order valence-electron chi connectivity index (χ1n) is 3.09. The van der Waals surface area contributed by atoms with Gasteiger partial charge in [-0.15, -0.1) is 0 Å². The van der Waals surface area contributed by atoms with E-state index < -0.39 is 24.8 Å². The molecule has 0 aliphatic heterocycles. The van der Waals surface area contributed by atoms with E-state index >= 15 is 0 Å². The smallest absolute Gasteiger partial charge is 0.402 e. The van der Waals surface area contributed by atoms with E-state index in [0.717, 1.165) is 18.2 Å². The Labute approximate surface area is 72.2 Å². The molecule has 7 heteroatoms. The van der Waals surface area contributed by atoms with Gasteiger partial charge in [0, 0.05) is 0 Å². The van der Waals surface area contributed by atoms with E-state index in [2.05, 4.69) is 0 Å². The Morgan fingerprint density at radius 3 is 1.46 bits per heavy atom. The lowest BCUT2D eigenvalue weighted by Crippen LogP contribution is -2.07. The van der Waals surface area contributed by atoms with Crippen LogP contribution in [0, 0.1) is 17.5 Å². The molecule has 13 heavy (non-hydrogen) atoms. The summed E-state index contributed by atoms with van der Waals surface area (Å²) in [6.45, 7) is 0. The molecule has 0 amide bonds. The number of rotatable bonds is 0. The second-order valence-electron chi connectivity index (χ2n) is 1.88. The SMILES string of the molecule is Fc1cccc(F)c1F.OB(O)O. The van der Waals surface area contributed by atoms with Crippen LogP contribution >= 0.6 is 0 Å². The summed E-state index contributed by atoms with van der Waals surface area (Å²) < 4.78 is 35.9. The molecule has 72 valence electrons. The molecular formula is C6H6BF3O3. The molecule has 0 radical (unpaired) electrons. The summed E-state index contributed by atoms with van der Waals surface area (Å²) >= 11 is 0. The maximum absolute atomic E-state index is 12.0. The van der Waals surface area contributed by atoms with Gasteiger partial charge in [-0.25, -0.2) is 13.2 Å². The predicted molar refractivity (Wildman–Crippen MR) is 38.7 cm³/mol. The van der Waals surface area contributed by atoms with Crippen molar-refractivity contribution in [2.45, 2.75) is 0 Å². The van der Waals surface area contributed by atoms with Crippen LogP contribution in [-0.4, -0.2) is 22.4 Å². The molecule has 0 aliphatic rings. The number of benzene rings is 1. The van der Waals surface area contributed by atoms with E-state index in [9.17, 15) is 13.2 Å². The average Bonchev–Trinajstić information content (AvgIpc) is 1.99. The Hall–Kier alpha value is -1.05. The van der Waals surface area contributed by atoms with Crippen LogP contribution in [0.4, 0.5) is 13.2 Å². The van der Waals surface area contributed by atoms with Crippen molar-refractivity contribution in [3.8, 4) is 0 Å². The van der Waals surface area contributed by atoms with E-state index in [0.29, 0.717) is 0 Å². The molecule has 0 spiro atoms. The van der Waals surface area contributed by atoms with Gasteiger partial charge in [-0.1, -0.05) is 6.07 Å². The van der Waals surface area contributed by atoms with Gasteiger partial charge < -0.3 is 15.1 Å². The van der Waals surface area contributed by atoms with Crippen LogP contribution < -0.4 is 0 Å². The molecule has 1 aromatic rings. The minimum Gasteiger partial charge on any atom is -0.402 e. The molecule has 0 unspecified atom stereocenters.